The highest BCUT2D eigenvalue weighted by Gasteiger charge is 2.36. The molecule has 2 aliphatic rings. The van der Waals surface area contributed by atoms with Crippen LogP contribution in [0.1, 0.15) is 33.3 Å². The second-order valence-corrected chi connectivity index (χ2v) is 7.62. The van der Waals surface area contributed by atoms with Gasteiger partial charge in [-0.1, -0.05) is 32.0 Å². The molecule has 0 spiro atoms. The largest absolute Gasteiger partial charge is 0.491 e. The molecule has 25 heavy (non-hydrogen) atoms. The van der Waals surface area contributed by atoms with Gasteiger partial charge in [0.2, 0.25) is 5.91 Å². The van der Waals surface area contributed by atoms with Crippen LogP contribution in [0, 0.1) is 5.92 Å². The lowest BCUT2D eigenvalue weighted by Crippen LogP contribution is -2.57. The quantitative estimate of drug-likeness (QED) is 0.843. The Morgan fingerprint density at radius 3 is 2.52 bits per heavy atom. The minimum Gasteiger partial charge on any atom is -0.491 e. The summed E-state index contributed by atoms with van der Waals surface area (Å²) >= 11 is 0. The molecule has 1 fully saturated rings. The number of carbonyl (C=O) groups excluding carboxylic acids is 1. The van der Waals surface area contributed by atoms with Gasteiger partial charge in [-0.2, -0.15) is 0 Å². The van der Waals surface area contributed by atoms with Crippen LogP contribution in [0.2, 0.25) is 0 Å². The van der Waals surface area contributed by atoms with Gasteiger partial charge in [0.1, 0.15) is 12.4 Å². The van der Waals surface area contributed by atoms with Crippen molar-refractivity contribution in [1.29, 1.82) is 0 Å². The average molecular weight is 346 g/mol. The van der Waals surface area contributed by atoms with Gasteiger partial charge in [-0.15, -0.1) is 0 Å². The molecule has 2 heterocycles. The van der Waals surface area contributed by atoms with Crippen LogP contribution in [0.25, 0.3) is 0 Å². The summed E-state index contributed by atoms with van der Waals surface area (Å²) in [5, 5.41) is 0. The number of rotatable bonds is 3. The van der Waals surface area contributed by atoms with Crippen molar-refractivity contribution in [1.82, 2.24) is 9.80 Å². The number of hydrogen-bond donors (Lipinski definition) is 0. The second-order valence-electron chi connectivity index (χ2n) is 7.62. The predicted octanol–water partition coefficient (Wildman–Crippen LogP) is 2.54. The van der Waals surface area contributed by atoms with Crippen molar-refractivity contribution < 1.29 is 14.3 Å². The minimum absolute atomic E-state index is 0.112. The lowest BCUT2D eigenvalue weighted by atomic mass is 9.98. The zero-order valence-corrected chi connectivity index (χ0v) is 15.8. The van der Waals surface area contributed by atoms with Crippen LogP contribution in [0.4, 0.5) is 0 Å². The number of ether oxygens (including phenoxy) is 2. The molecular weight excluding hydrogens is 316 g/mol. The summed E-state index contributed by atoms with van der Waals surface area (Å²) in [6.45, 7) is 11.8. The van der Waals surface area contributed by atoms with Crippen LogP contribution in [-0.2, 0) is 16.1 Å². The number of carbonyl (C=O) groups is 1. The summed E-state index contributed by atoms with van der Waals surface area (Å²) in [5.41, 5.74) is 1.08. The zero-order valence-electron chi connectivity index (χ0n) is 15.8. The molecule has 0 saturated carbocycles. The number of hydrogen-bond acceptors (Lipinski definition) is 4. The lowest BCUT2D eigenvalue weighted by Gasteiger charge is -2.42. The Hall–Kier alpha value is -1.59. The van der Waals surface area contributed by atoms with Crippen LogP contribution in [-0.4, -0.2) is 60.2 Å². The molecule has 5 heteroatoms. The summed E-state index contributed by atoms with van der Waals surface area (Å²) in [6, 6.07) is 7.89. The number of para-hydroxylation sites is 1. The van der Waals surface area contributed by atoms with Crippen LogP contribution >= 0.6 is 0 Å². The summed E-state index contributed by atoms with van der Waals surface area (Å²) in [7, 11) is 0. The van der Waals surface area contributed by atoms with E-state index >= 15 is 0 Å². The van der Waals surface area contributed by atoms with E-state index in [1.807, 2.05) is 29.2 Å². The third kappa shape index (κ3) is 4.15. The third-order valence-electron chi connectivity index (χ3n) is 4.99. The van der Waals surface area contributed by atoms with Crippen molar-refractivity contribution in [3.8, 4) is 5.75 Å². The molecule has 0 radical (unpaired) electrons. The fourth-order valence-corrected chi connectivity index (χ4v) is 4.01. The van der Waals surface area contributed by atoms with Crippen LogP contribution in [0.3, 0.4) is 0 Å². The lowest BCUT2D eigenvalue weighted by molar-refractivity contribution is -0.146. The second kappa shape index (κ2) is 7.75. The van der Waals surface area contributed by atoms with Gasteiger partial charge in [0.15, 0.2) is 0 Å². The van der Waals surface area contributed by atoms with Gasteiger partial charge in [-0.25, -0.2) is 0 Å². The number of nitrogens with zero attached hydrogens (tertiary/aromatic N) is 2. The van der Waals surface area contributed by atoms with E-state index in [1.54, 1.807) is 0 Å². The summed E-state index contributed by atoms with van der Waals surface area (Å²) < 4.78 is 11.7. The first-order chi connectivity index (χ1) is 12.0. The monoisotopic (exact) mass is 346 g/mol. The molecule has 1 saturated heterocycles. The van der Waals surface area contributed by atoms with Gasteiger partial charge in [0.25, 0.3) is 0 Å². The van der Waals surface area contributed by atoms with E-state index in [9.17, 15) is 4.79 Å². The van der Waals surface area contributed by atoms with E-state index < -0.39 is 0 Å². The summed E-state index contributed by atoms with van der Waals surface area (Å²) in [5.74, 6) is 1.36. The molecule has 0 N–H and O–H groups in total. The minimum atomic E-state index is -0.112. The molecule has 2 aliphatic heterocycles. The van der Waals surface area contributed by atoms with E-state index in [2.05, 4.69) is 32.6 Å². The van der Waals surface area contributed by atoms with Crippen molar-refractivity contribution in [2.24, 2.45) is 5.92 Å². The molecule has 138 valence electrons. The van der Waals surface area contributed by atoms with E-state index in [0.29, 0.717) is 19.7 Å². The maximum absolute atomic E-state index is 13.4. The molecule has 0 aromatic heterocycles. The van der Waals surface area contributed by atoms with Crippen molar-refractivity contribution >= 4 is 5.91 Å². The molecule has 3 atom stereocenters. The Kier molecular flexibility index (Phi) is 5.64. The van der Waals surface area contributed by atoms with Crippen LogP contribution in [0.5, 0.6) is 5.75 Å². The summed E-state index contributed by atoms with van der Waals surface area (Å²) in [6.07, 6.45) is 0.317. The highest BCUT2D eigenvalue weighted by atomic mass is 16.5. The summed E-state index contributed by atoms with van der Waals surface area (Å²) in [4.78, 5) is 17.7. The van der Waals surface area contributed by atoms with E-state index in [4.69, 9.17) is 9.47 Å². The molecule has 0 bridgehead atoms. The van der Waals surface area contributed by atoms with Gasteiger partial charge < -0.3 is 14.4 Å². The molecule has 0 aliphatic carbocycles. The number of amides is 1. The number of benzene rings is 1. The maximum Gasteiger partial charge on any atom is 0.240 e. The highest BCUT2D eigenvalue weighted by Crippen LogP contribution is 2.25. The van der Waals surface area contributed by atoms with E-state index in [0.717, 1.165) is 24.4 Å². The molecule has 3 rings (SSSR count). The molecule has 1 amide bonds. The van der Waals surface area contributed by atoms with E-state index in [1.165, 1.54) is 0 Å². The fraction of sp³-hybridized carbons (Fsp3) is 0.650. The first-order valence-corrected chi connectivity index (χ1v) is 9.34. The SMILES string of the molecule is CC(C)[C@@H](C(=O)N1CCOc2ccccc2C1)N1C[C@@H](C)O[C@@H](C)C1. The topological polar surface area (TPSA) is 42.0 Å². The van der Waals surface area contributed by atoms with Gasteiger partial charge >= 0.3 is 0 Å². The van der Waals surface area contributed by atoms with Crippen molar-refractivity contribution in [3.63, 3.8) is 0 Å². The number of morpholine rings is 1. The van der Waals surface area contributed by atoms with Crippen molar-refractivity contribution in [3.05, 3.63) is 29.8 Å². The van der Waals surface area contributed by atoms with Crippen molar-refractivity contribution in [2.75, 3.05) is 26.2 Å². The average Bonchev–Trinajstić information content (AvgIpc) is 2.76. The Morgan fingerprint density at radius 1 is 1.16 bits per heavy atom. The highest BCUT2D eigenvalue weighted by molar-refractivity contribution is 5.82. The first kappa shape index (κ1) is 18.2. The first-order valence-electron chi connectivity index (χ1n) is 9.34. The standard InChI is InChI=1S/C20H30N2O3/c1-14(2)19(22-11-15(3)25-16(4)12-22)20(23)21-9-10-24-18-8-6-5-7-17(18)13-21/h5-8,14-16,19H,9-13H2,1-4H3/t15-,16+,19-/m0/s1. The van der Waals surface area contributed by atoms with Gasteiger partial charge in [-0.05, 0) is 25.8 Å². The van der Waals surface area contributed by atoms with Gasteiger partial charge in [0, 0.05) is 25.2 Å². The normalized spacial score (nSPS) is 25.9. The fourth-order valence-electron chi connectivity index (χ4n) is 4.01. The molecule has 0 unspecified atom stereocenters. The molecule has 1 aromatic carbocycles. The van der Waals surface area contributed by atoms with Gasteiger partial charge in [0.05, 0.1) is 24.8 Å². The maximum atomic E-state index is 13.4. The zero-order chi connectivity index (χ0) is 18.0. The number of fused-ring (bicyclic) bond motifs is 1. The Balaban J connectivity index is 1.79. The Bertz CT molecular complexity index is 594. The molecular formula is C20H30N2O3. The van der Waals surface area contributed by atoms with Crippen molar-refractivity contribution in [2.45, 2.75) is 52.5 Å². The molecule has 5 nitrogen and oxygen atoms in total. The Labute approximate surface area is 150 Å². The van der Waals surface area contributed by atoms with Gasteiger partial charge in [-0.3, -0.25) is 9.69 Å². The predicted molar refractivity (Wildman–Crippen MR) is 97.6 cm³/mol. The third-order valence-corrected chi connectivity index (χ3v) is 4.99. The Morgan fingerprint density at radius 2 is 1.84 bits per heavy atom. The van der Waals surface area contributed by atoms with E-state index in [-0.39, 0.29) is 30.1 Å². The smallest absolute Gasteiger partial charge is 0.240 e. The van der Waals surface area contributed by atoms with Crippen LogP contribution < -0.4 is 4.74 Å². The van der Waals surface area contributed by atoms with Crippen LogP contribution in [0.15, 0.2) is 24.3 Å². The molecule has 1 aromatic rings.